The molecule has 21 heavy (non-hydrogen) atoms. The molecule has 2 rings (SSSR count). The van der Waals surface area contributed by atoms with Crippen molar-refractivity contribution in [2.24, 2.45) is 13.0 Å². The van der Waals surface area contributed by atoms with Crippen LogP contribution in [0.2, 0.25) is 0 Å². The van der Waals surface area contributed by atoms with Crippen LogP contribution in [0.3, 0.4) is 0 Å². The molecule has 1 amide bonds. The van der Waals surface area contributed by atoms with E-state index in [9.17, 15) is 9.59 Å². The summed E-state index contributed by atoms with van der Waals surface area (Å²) < 4.78 is 6.68. The van der Waals surface area contributed by atoms with Gasteiger partial charge in [-0.2, -0.15) is 5.10 Å². The van der Waals surface area contributed by atoms with Crippen molar-refractivity contribution < 1.29 is 14.3 Å². The van der Waals surface area contributed by atoms with E-state index in [1.54, 1.807) is 18.7 Å². The van der Waals surface area contributed by atoms with E-state index in [-0.39, 0.29) is 11.9 Å². The highest BCUT2D eigenvalue weighted by atomic mass is 16.5. The highest BCUT2D eigenvalue weighted by molar-refractivity contribution is 5.90. The molecule has 0 bridgehead atoms. The van der Waals surface area contributed by atoms with Crippen LogP contribution in [0.25, 0.3) is 0 Å². The molecule has 0 spiro atoms. The maximum Gasteiger partial charge on any atom is 0.341 e. The Morgan fingerprint density at radius 1 is 1.48 bits per heavy atom. The molecular weight excluding hydrogens is 270 g/mol. The van der Waals surface area contributed by atoms with Crippen molar-refractivity contribution in [1.29, 1.82) is 0 Å². The molecule has 1 aromatic rings. The average Bonchev–Trinajstić information content (AvgIpc) is 2.96. The lowest BCUT2D eigenvalue weighted by atomic mass is 10.0. The number of aryl methyl sites for hydroxylation is 1. The lowest BCUT2D eigenvalue weighted by Gasteiger charge is -2.17. The molecule has 0 radical (unpaired) electrons. The molecule has 1 aliphatic rings. The number of likely N-dealkylation sites (tertiary alicyclic amines) is 1. The van der Waals surface area contributed by atoms with Crippen LogP contribution < -0.4 is 0 Å². The minimum Gasteiger partial charge on any atom is -0.462 e. The summed E-state index contributed by atoms with van der Waals surface area (Å²) >= 11 is 0. The molecule has 1 aliphatic heterocycles. The molecule has 0 aromatic carbocycles. The standard InChI is InChI=1S/C15H23N3O3/c1-4-6-11-7-14(19)18(9-11)10-13-12(8-16-17(13)3)15(20)21-5-2/h8,11H,4-7,9-10H2,1-3H3. The Balaban J connectivity index is 2.11. The number of hydrogen-bond acceptors (Lipinski definition) is 4. The van der Waals surface area contributed by atoms with Gasteiger partial charge in [0.25, 0.3) is 0 Å². The molecule has 0 saturated carbocycles. The number of carbonyl (C=O) groups is 2. The predicted octanol–water partition coefficient (Wildman–Crippen LogP) is 1.75. The van der Waals surface area contributed by atoms with Gasteiger partial charge in [-0.15, -0.1) is 0 Å². The first-order valence-electron chi connectivity index (χ1n) is 7.52. The van der Waals surface area contributed by atoms with Crippen molar-refractivity contribution in [3.8, 4) is 0 Å². The van der Waals surface area contributed by atoms with Crippen LogP contribution in [0.1, 0.15) is 49.2 Å². The van der Waals surface area contributed by atoms with Crippen LogP contribution >= 0.6 is 0 Å². The monoisotopic (exact) mass is 293 g/mol. The Morgan fingerprint density at radius 3 is 2.90 bits per heavy atom. The van der Waals surface area contributed by atoms with Gasteiger partial charge in [0.1, 0.15) is 5.56 Å². The first-order chi connectivity index (χ1) is 10.1. The van der Waals surface area contributed by atoms with E-state index in [2.05, 4.69) is 12.0 Å². The minimum atomic E-state index is -0.377. The third-order valence-electron chi connectivity index (χ3n) is 3.89. The summed E-state index contributed by atoms with van der Waals surface area (Å²) in [6, 6.07) is 0. The molecule has 116 valence electrons. The molecule has 1 atom stereocenters. The molecule has 1 fully saturated rings. The Kier molecular flexibility index (Phi) is 4.98. The molecule has 6 heteroatoms. The van der Waals surface area contributed by atoms with Crippen molar-refractivity contribution in [1.82, 2.24) is 14.7 Å². The molecule has 0 N–H and O–H groups in total. The highest BCUT2D eigenvalue weighted by Gasteiger charge is 2.30. The second kappa shape index (κ2) is 6.74. The molecular formula is C15H23N3O3. The van der Waals surface area contributed by atoms with Crippen LogP contribution in [-0.4, -0.2) is 39.7 Å². The quantitative estimate of drug-likeness (QED) is 0.750. The molecule has 1 aromatic heterocycles. The SMILES string of the molecule is CCCC1CC(=O)N(Cc2c(C(=O)OCC)cnn2C)C1. The van der Waals surface area contributed by atoms with Crippen molar-refractivity contribution in [2.45, 2.75) is 39.7 Å². The zero-order chi connectivity index (χ0) is 15.4. The van der Waals surface area contributed by atoms with Crippen LogP contribution in [0.4, 0.5) is 0 Å². The van der Waals surface area contributed by atoms with E-state index in [0.717, 1.165) is 25.1 Å². The average molecular weight is 293 g/mol. The van der Waals surface area contributed by atoms with Gasteiger partial charge in [0.15, 0.2) is 0 Å². The summed E-state index contributed by atoms with van der Waals surface area (Å²) in [6.07, 6.45) is 4.28. The summed E-state index contributed by atoms with van der Waals surface area (Å²) in [5, 5.41) is 4.12. The third kappa shape index (κ3) is 3.43. The molecule has 2 heterocycles. The van der Waals surface area contributed by atoms with Gasteiger partial charge >= 0.3 is 5.97 Å². The van der Waals surface area contributed by atoms with E-state index >= 15 is 0 Å². The number of amides is 1. The van der Waals surface area contributed by atoms with E-state index < -0.39 is 0 Å². The van der Waals surface area contributed by atoms with E-state index in [0.29, 0.717) is 31.1 Å². The predicted molar refractivity (Wildman–Crippen MR) is 77.6 cm³/mol. The Labute approximate surface area is 125 Å². The van der Waals surface area contributed by atoms with Gasteiger partial charge in [0.05, 0.1) is 25.0 Å². The third-order valence-corrected chi connectivity index (χ3v) is 3.89. The second-order valence-corrected chi connectivity index (χ2v) is 5.48. The fourth-order valence-corrected chi connectivity index (χ4v) is 2.82. The topological polar surface area (TPSA) is 64.4 Å². The number of hydrogen-bond donors (Lipinski definition) is 0. The number of esters is 1. The van der Waals surface area contributed by atoms with Crippen molar-refractivity contribution in [3.05, 3.63) is 17.5 Å². The summed E-state index contributed by atoms with van der Waals surface area (Å²) in [7, 11) is 1.78. The van der Waals surface area contributed by atoms with Crippen molar-refractivity contribution in [2.75, 3.05) is 13.2 Å². The van der Waals surface area contributed by atoms with Gasteiger partial charge < -0.3 is 9.64 Å². The van der Waals surface area contributed by atoms with E-state index in [1.165, 1.54) is 6.20 Å². The van der Waals surface area contributed by atoms with Crippen LogP contribution in [-0.2, 0) is 23.1 Å². The maximum atomic E-state index is 12.1. The molecule has 1 saturated heterocycles. The first kappa shape index (κ1) is 15.5. The van der Waals surface area contributed by atoms with Crippen LogP contribution in [0.5, 0.6) is 0 Å². The number of carbonyl (C=O) groups excluding carboxylic acids is 2. The van der Waals surface area contributed by atoms with Crippen LogP contribution in [0, 0.1) is 5.92 Å². The minimum absolute atomic E-state index is 0.157. The fraction of sp³-hybridized carbons (Fsp3) is 0.667. The van der Waals surface area contributed by atoms with Gasteiger partial charge in [0.2, 0.25) is 5.91 Å². The van der Waals surface area contributed by atoms with Gasteiger partial charge in [-0.1, -0.05) is 13.3 Å². The largest absolute Gasteiger partial charge is 0.462 e. The van der Waals surface area contributed by atoms with Crippen LogP contribution in [0.15, 0.2) is 6.20 Å². The summed E-state index contributed by atoms with van der Waals surface area (Å²) in [6.45, 7) is 5.42. The van der Waals surface area contributed by atoms with E-state index in [1.807, 2.05) is 4.90 Å². The van der Waals surface area contributed by atoms with Crippen molar-refractivity contribution in [3.63, 3.8) is 0 Å². The summed E-state index contributed by atoms with van der Waals surface area (Å²) in [4.78, 5) is 25.8. The lowest BCUT2D eigenvalue weighted by molar-refractivity contribution is -0.128. The Morgan fingerprint density at radius 2 is 2.24 bits per heavy atom. The summed E-state index contributed by atoms with van der Waals surface area (Å²) in [5.74, 6) is 0.212. The smallest absolute Gasteiger partial charge is 0.341 e. The van der Waals surface area contributed by atoms with Gasteiger partial charge in [0, 0.05) is 20.0 Å². The number of aromatic nitrogens is 2. The molecule has 6 nitrogen and oxygen atoms in total. The lowest BCUT2D eigenvalue weighted by Crippen LogP contribution is -2.27. The number of rotatable bonds is 6. The van der Waals surface area contributed by atoms with Crippen molar-refractivity contribution >= 4 is 11.9 Å². The fourth-order valence-electron chi connectivity index (χ4n) is 2.82. The summed E-state index contributed by atoms with van der Waals surface area (Å²) in [5.41, 5.74) is 1.19. The Hall–Kier alpha value is -1.85. The molecule has 1 unspecified atom stereocenters. The number of nitrogens with zero attached hydrogens (tertiary/aromatic N) is 3. The van der Waals surface area contributed by atoms with Gasteiger partial charge in [-0.05, 0) is 19.3 Å². The van der Waals surface area contributed by atoms with Gasteiger partial charge in [-0.25, -0.2) is 4.79 Å². The van der Waals surface area contributed by atoms with Gasteiger partial charge in [-0.3, -0.25) is 9.48 Å². The molecule has 0 aliphatic carbocycles. The zero-order valence-electron chi connectivity index (χ0n) is 13.0. The zero-order valence-corrected chi connectivity index (χ0v) is 13.0. The Bertz CT molecular complexity index is 524. The first-order valence-corrected chi connectivity index (χ1v) is 7.52. The normalized spacial score (nSPS) is 18.3. The number of ether oxygens (including phenoxy) is 1. The highest BCUT2D eigenvalue weighted by Crippen LogP contribution is 2.24. The maximum absolute atomic E-state index is 12.1. The van der Waals surface area contributed by atoms with E-state index in [4.69, 9.17) is 4.74 Å². The second-order valence-electron chi connectivity index (χ2n) is 5.48.